The van der Waals surface area contributed by atoms with Gasteiger partial charge in [-0.25, -0.2) is 0 Å². The number of rotatable bonds is 4. The zero-order valence-corrected chi connectivity index (χ0v) is 11.2. The minimum atomic E-state index is -0.296. The van der Waals surface area contributed by atoms with Gasteiger partial charge in [-0.15, -0.1) is 0 Å². The number of ether oxygens (including phenoxy) is 1. The molecule has 4 heteroatoms. The number of carbonyl (C=O) groups is 1. The van der Waals surface area contributed by atoms with E-state index in [0.29, 0.717) is 12.5 Å². The van der Waals surface area contributed by atoms with Gasteiger partial charge in [0, 0.05) is 25.6 Å². The second-order valence-electron chi connectivity index (χ2n) is 5.84. The SMILES string of the molecule is NCC1(C(=O)NCC2CCOC2)CCCCCC1. The van der Waals surface area contributed by atoms with E-state index in [9.17, 15) is 4.79 Å². The van der Waals surface area contributed by atoms with Crippen molar-refractivity contribution in [3.8, 4) is 0 Å². The van der Waals surface area contributed by atoms with Crippen LogP contribution in [-0.2, 0) is 9.53 Å². The van der Waals surface area contributed by atoms with E-state index in [0.717, 1.165) is 51.9 Å². The molecule has 4 nitrogen and oxygen atoms in total. The Morgan fingerprint density at radius 1 is 1.28 bits per heavy atom. The van der Waals surface area contributed by atoms with Gasteiger partial charge in [-0.1, -0.05) is 25.7 Å². The van der Waals surface area contributed by atoms with E-state index in [1.807, 2.05) is 0 Å². The van der Waals surface area contributed by atoms with Crippen LogP contribution in [0.3, 0.4) is 0 Å². The molecule has 0 aromatic rings. The molecule has 3 N–H and O–H groups in total. The lowest BCUT2D eigenvalue weighted by Crippen LogP contribution is -2.47. The van der Waals surface area contributed by atoms with Gasteiger partial charge in [0.25, 0.3) is 0 Å². The molecule has 0 aromatic heterocycles. The molecule has 2 fully saturated rings. The minimum absolute atomic E-state index is 0.179. The van der Waals surface area contributed by atoms with Gasteiger partial charge in [0.2, 0.25) is 5.91 Å². The lowest BCUT2D eigenvalue weighted by atomic mass is 9.79. The second-order valence-corrected chi connectivity index (χ2v) is 5.84. The van der Waals surface area contributed by atoms with E-state index in [-0.39, 0.29) is 11.3 Å². The van der Waals surface area contributed by atoms with Crippen molar-refractivity contribution < 1.29 is 9.53 Å². The van der Waals surface area contributed by atoms with Crippen molar-refractivity contribution in [2.45, 2.75) is 44.9 Å². The fourth-order valence-electron chi connectivity index (χ4n) is 3.10. The zero-order valence-electron chi connectivity index (χ0n) is 11.2. The summed E-state index contributed by atoms with van der Waals surface area (Å²) in [5.74, 6) is 0.674. The van der Waals surface area contributed by atoms with Crippen LogP contribution in [0.15, 0.2) is 0 Å². The summed E-state index contributed by atoms with van der Waals surface area (Å²) in [6, 6.07) is 0. The lowest BCUT2D eigenvalue weighted by Gasteiger charge is -2.30. The third-order valence-corrected chi connectivity index (χ3v) is 4.51. The molecule has 0 radical (unpaired) electrons. The first-order valence-electron chi connectivity index (χ1n) is 7.33. The molecule has 1 aliphatic heterocycles. The molecule has 2 rings (SSSR count). The van der Waals surface area contributed by atoms with Crippen LogP contribution < -0.4 is 11.1 Å². The van der Waals surface area contributed by atoms with Gasteiger partial charge in [-0.3, -0.25) is 4.79 Å². The Labute approximate surface area is 110 Å². The molecule has 1 aliphatic carbocycles. The molecule has 2 aliphatic rings. The van der Waals surface area contributed by atoms with Gasteiger partial charge >= 0.3 is 0 Å². The van der Waals surface area contributed by atoms with Gasteiger partial charge in [-0.05, 0) is 19.3 Å². The highest BCUT2D eigenvalue weighted by atomic mass is 16.5. The van der Waals surface area contributed by atoms with Gasteiger partial charge in [0.15, 0.2) is 0 Å². The molecule has 0 bridgehead atoms. The van der Waals surface area contributed by atoms with Crippen LogP contribution in [0.1, 0.15) is 44.9 Å². The fraction of sp³-hybridized carbons (Fsp3) is 0.929. The number of carbonyl (C=O) groups excluding carboxylic acids is 1. The summed E-state index contributed by atoms with van der Waals surface area (Å²) in [5.41, 5.74) is 5.61. The normalized spacial score (nSPS) is 27.7. The van der Waals surface area contributed by atoms with Gasteiger partial charge in [0.05, 0.1) is 12.0 Å². The lowest BCUT2D eigenvalue weighted by molar-refractivity contribution is -0.131. The smallest absolute Gasteiger partial charge is 0.227 e. The van der Waals surface area contributed by atoms with E-state index in [1.165, 1.54) is 12.8 Å². The summed E-state index contributed by atoms with van der Waals surface area (Å²) in [6.45, 7) is 2.86. The van der Waals surface area contributed by atoms with Crippen molar-refractivity contribution in [3.63, 3.8) is 0 Å². The van der Waals surface area contributed by atoms with Crippen LogP contribution >= 0.6 is 0 Å². The van der Waals surface area contributed by atoms with E-state index in [4.69, 9.17) is 10.5 Å². The number of hydrogen-bond donors (Lipinski definition) is 2. The Bertz CT molecular complexity index is 267. The third kappa shape index (κ3) is 3.23. The van der Waals surface area contributed by atoms with Crippen LogP contribution in [0.2, 0.25) is 0 Å². The van der Waals surface area contributed by atoms with Gasteiger partial charge in [0.1, 0.15) is 0 Å². The molecular weight excluding hydrogens is 228 g/mol. The van der Waals surface area contributed by atoms with Crippen LogP contribution in [-0.4, -0.2) is 32.2 Å². The average Bonchev–Trinajstić information content (AvgIpc) is 2.79. The molecule has 1 amide bonds. The van der Waals surface area contributed by atoms with E-state index in [1.54, 1.807) is 0 Å². The third-order valence-electron chi connectivity index (χ3n) is 4.51. The number of nitrogens with one attached hydrogen (secondary N) is 1. The van der Waals surface area contributed by atoms with Gasteiger partial charge < -0.3 is 15.8 Å². The predicted molar refractivity (Wildman–Crippen MR) is 71.1 cm³/mol. The summed E-state index contributed by atoms with van der Waals surface area (Å²) >= 11 is 0. The monoisotopic (exact) mass is 254 g/mol. The standard InChI is InChI=1S/C14H26N2O2/c15-11-14(6-3-1-2-4-7-14)13(17)16-9-12-5-8-18-10-12/h12H,1-11,15H2,(H,16,17). The summed E-state index contributed by atoms with van der Waals surface area (Å²) < 4.78 is 5.33. The van der Waals surface area contributed by atoms with E-state index < -0.39 is 0 Å². The Morgan fingerprint density at radius 2 is 2.00 bits per heavy atom. The molecule has 1 unspecified atom stereocenters. The Hall–Kier alpha value is -0.610. The van der Waals surface area contributed by atoms with Crippen LogP contribution in [0, 0.1) is 11.3 Å². The molecular formula is C14H26N2O2. The topological polar surface area (TPSA) is 64.4 Å². The second kappa shape index (κ2) is 6.53. The van der Waals surface area contributed by atoms with Crippen molar-refractivity contribution in [2.75, 3.05) is 26.3 Å². The Kier molecular flexibility index (Phi) is 5.01. The summed E-state index contributed by atoms with van der Waals surface area (Å²) in [6.07, 6.45) is 7.73. The first kappa shape index (κ1) is 13.8. The summed E-state index contributed by atoms with van der Waals surface area (Å²) in [4.78, 5) is 12.4. The largest absolute Gasteiger partial charge is 0.381 e. The average molecular weight is 254 g/mol. The fourth-order valence-corrected chi connectivity index (χ4v) is 3.10. The number of hydrogen-bond acceptors (Lipinski definition) is 3. The molecule has 1 heterocycles. The maximum atomic E-state index is 12.4. The molecule has 1 saturated carbocycles. The van der Waals surface area contributed by atoms with E-state index >= 15 is 0 Å². The Balaban J connectivity index is 1.86. The Morgan fingerprint density at radius 3 is 2.56 bits per heavy atom. The maximum absolute atomic E-state index is 12.4. The van der Waals surface area contributed by atoms with Crippen LogP contribution in [0.25, 0.3) is 0 Å². The van der Waals surface area contributed by atoms with Crippen molar-refractivity contribution >= 4 is 5.91 Å². The molecule has 104 valence electrons. The quantitative estimate of drug-likeness (QED) is 0.746. The summed E-state index contributed by atoms with van der Waals surface area (Å²) in [5, 5.41) is 3.11. The highest BCUT2D eigenvalue weighted by Crippen LogP contribution is 2.34. The van der Waals surface area contributed by atoms with Crippen molar-refractivity contribution in [2.24, 2.45) is 17.1 Å². The maximum Gasteiger partial charge on any atom is 0.227 e. The van der Waals surface area contributed by atoms with Crippen molar-refractivity contribution in [3.05, 3.63) is 0 Å². The highest BCUT2D eigenvalue weighted by molar-refractivity contribution is 5.82. The molecule has 0 spiro atoms. The minimum Gasteiger partial charge on any atom is -0.381 e. The van der Waals surface area contributed by atoms with Crippen LogP contribution in [0.4, 0.5) is 0 Å². The van der Waals surface area contributed by atoms with Crippen LogP contribution in [0.5, 0.6) is 0 Å². The van der Waals surface area contributed by atoms with Gasteiger partial charge in [-0.2, -0.15) is 0 Å². The van der Waals surface area contributed by atoms with Crippen molar-refractivity contribution in [1.29, 1.82) is 0 Å². The first-order valence-corrected chi connectivity index (χ1v) is 7.33. The van der Waals surface area contributed by atoms with E-state index in [2.05, 4.69) is 5.32 Å². The number of nitrogens with two attached hydrogens (primary N) is 1. The molecule has 0 aromatic carbocycles. The predicted octanol–water partition coefficient (Wildman–Crippen LogP) is 1.44. The molecule has 18 heavy (non-hydrogen) atoms. The molecule has 1 atom stereocenters. The highest BCUT2D eigenvalue weighted by Gasteiger charge is 2.37. The van der Waals surface area contributed by atoms with Crippen molar-refractivity contribution in [1.82, 2.24) is 5.32 Å². The first-order chi connectivity index (χ1) is 8.77. The number of amides is 1. The summed E-state index contributed by atoms with van der Waals surface area (Å²) in [7, 11) is 0. The zero-order chi connectivity index (χ0) is 12.8. The molecule has 1 saturated heterocycles.